The summed E-state index contributed by atoms with van der Waals surface area (Å²) in [6.45, 7) is -2.10. The molecule has 0 unspecified atom stereocenters. The second-order valence-electron chi connectivity index (χ2n) is 15.5. The Bertz CT molecular complexity index is 1440. The number of amides is 2. The van der Waals surface area contributed by atoms with Gasteiger partial charge in [0.05, 0.1) is 33.0 Å². The van der Waals surface area contributed by atoms with Crippen LogP contribution in [0.15, 0.2) is 0 Å². The van der Waals surface area contributed by atoms with Crippen LogP contribution in [0.4, 0.5) is 0 Å². The Morgan fingerprint density at radius 1 is 0.419 bits per heavy atom. The zero-order valence-corrected chi connectivity index (χ0v) is 33.2. The molecular weight excluding hydrogens is 852 g/mol. The zero-order valence-electron chi connectivity index (χ0n) is 33.2. The summed E-state index contributed by atoms with van der Waals surface area (Å²) in [5, 5.41) is 162. The van der Waals surface area contributed by atoms with E-state index in [1.165, 1.54) is 0 Å². The highest BCUT2D eigenvalue weighted by atomic mass is 16.8. The van der Waals surface area contributed by atoms with Gasteiger partial charge in [-0.25, -0.2) is 0 Å². The monoisotopic (exact) mass is 910 g/mol. The molecule has 0 saturated carbocycles. The highest BCUT2D eigenvalue weighted by molar-refractivity contribution is 5.73. The number of aliphatic hydroxyl groups is 15. The van der Waals surface area contributed by atoms with Gasteiger partial charge in [0.2, 0.25) is 11.8 Å². The number of carbonyl (C=O) groups excluding carboxylic acids is 2. The van der Waals surface area contributed by atoms with Crippen LogP contribution in [0.2, 0.25) is 0 Å². The Morgan fingerprint density at radius 3 is 1.21 bits per heavy atom. The van der Waals surface area contributed by atoms with Crippen molar-refractivity contribution in [2.45, 2.75) is 167 Å². The van der Waals surface area contributed by atoms with Crippen LogP contribution in [0, 0.1) is 0 Å². The van der Waals surface area contributed by atoms with Gasteiger partial charge in [0.1, 0.15) is 122 Å². The Hall–Kier alpha value is -2.02. The van der Waals surface area contributed by atoms with Crippen molar-refractivity contribution >= 4 is 11.8 Å². The van der Waals surface area contributed by atoms with Crippen LogP contribution >= 0.6 is 0 Å². The largest absolute Gasteiger partial charge is 0.394 e. The first-order chi connectivity index (χ1) is 29.3. The minimum Gasteiger partial charge on any atom is -0.394 e. The van der Waals surface area contributed by atoms with E-state index in [0.29, 0.717) is 0 Å². The van der Waals surface area contributed by atoms with E-state index >= 15 is 0 Å². The molecule has 5 fully saturated rings. The molecule has 0 bridgehead atoms. The molecule has 17 N–H and O–H groups in total. The number of ether oxygens (including phenoxy) is 9. The third kappa shape index (κ3) is 11.0. The number of nitrogens with one attached hydrogen (secondary N) is 2. The molecule has 0 spiro atoms. The fraction of sp³-hybridized carbons (Fsp3) is 0.941. The number of aliphatic hydroxyl groups excluding tert-OH is 15. The molecule has 360 valence electrons. The minimum atomic E-state index is -2.14. The van der Waals surface area contributed by atoms with Crippen molar-refractivity contribution in [2.75, 3.05) is 33.0 Å². The maximum atomic E-state index is 12.2. The van der Waals surface area contributed by atoms with Crippen LogP contribution in [0.25, 0.3) is 0 Å². The molecule has 2 amide bonds. The fourth-order valence-electron chi connectivity index (χ4n) is 7.72. The average molecular weight is 911 g/mol. The maximum absolute atomic E-state index is 12.2. The smallest absolute Gasteiger partial charge is 0.217 e. The molecule has 0 aromatic rings. The van der Waals surface area contributed by atoms with Crippen molar-refractivity contribution < 1.29 is 129 Å². The van der Waals surface area contributed by atoms with Crippen molar-refractivity contribution in [1.29, 1.82) is 0 Å². The van der Waals surface area contributed by atoms with Crippen LogP contribution in [0.1, 0.15) is 13.8 Å². The van der Waals surface area contributed by atoms with E-state index in [4.69, 9.17) is 42.6 Å². The summed E-state index contributed by atoms with van der Waals surface area (Å²) >= 11 is 0. The van der Waals surface area contributed by atoms with Crippen LogP contribution < -0.4 is 10.6 Å². The predicted octanol–water partition coefficient (Wildman–Crippen LogP) is -11.6. The number of hydrogen-bond donors (Lipinski definition) is 17. The molecule has 5 aliphatic rings. The lowest BCUT2D eigenvalue weighted by Gasteiger charge is -2.49. The first kappa shape index (κ1) is 51.0. The molecule has 28 nitrogen and oxygen atoms in total. The molecule has 5 heterocycles. The molecule has 28 heteroatoms. The average Bonchev–Trinajstić information content (AvgIpc) is 3.23. The molecule has 5 saturated heterocycles. The molecule has 0 radical (unpaired) electrons. The predicted molar refractivity (Wildman–Crippen MR) is 190 cm³/mol. The fourth-order valence-corrected chi connectivity index (χ4v) is 7.72. The van der Waals surface area contributed by atoms with E-state index in [0.717, 1.165) is 13.8 Å². The topological polar surface area (TPSA) is 445 Å². The van der Waals surface area contributed by atoms with E-state index in [1.54, 1.807) is 0 Å². The van der Waals surface area contributed by atoms with Gasteiger partial charge < -0.3 is 130 Å². The van der Waals surface area contributed by atoms with Gasteiger partial charge in [-0.05, 0) is 0 Å². The molecule has 25 atom stereocenters. The first-order valence-electron chi connectivity index (χ1n) is 19.6. The lowest BCUT2D eigenvalue weighted by atomic mass is 9.94. The molecule has 0 aromatic carbocycles. The second kappa shape index (κ2) is 22.0. The summed E-state index contributed by atoms with van der Waals surface area (Å²) in [7, 11) is 0. The first-order valence-corrected chi connectivity index (χ1v) is 19.6. The summed E-state index contributed by atoms with van der Waals surface area (Å²) in [6.07, 6.45) is -40.9. The summed E-state index contributed by atoms with van der Waals surface area (Å²) in [6, 6.07) is -3.18. The summed E-state index contributed by atoms with van der Waals surface area (Å²) in [5.74, 6) is -1.51. The van der Waals surface area contributed by atoms with E-state index in [-0.39, 0.29) is 0 Å². The van der Waals surface area contributed by atoms with Gasteiger partial charge in [0.15, 0.2) is 31.5 Å². The molecule has 5 aliphatic heterocycles. The van der Waals surface area contributed by atoms with Crippen LogP contribution in [0.5, 0.6) is 0 Å². The number of carbonyl (C=O) groups is 2. The van der Waals surface area contributed by atoms with Crippen molar-refractivity contribution in [3.05, 3.63) is 0 Å². The van der Waals surface area contributed by atoms with Crippen molar-refractivity contribution in [3.63, 3.8) is 0 Å². The minimum absolute atomic E-state index is 0.733. The number of hydrogen-bond acceptors (Lipinski definition) is 26. The van der Waals surface area contributed by atoms with Gasteiger partial charge in [-0.1, -0.05) is 0 Å². The Kier molecular flexibility index (Phi) is 18.1. The number of rotatable bonds is 15. The summed E-state index contributed by atoms with van der Waals surface area (Å²) < 4.78 is 50.3. The third-order valence-electron chi connectivity index (χ3n) is 11.1. The van der Waals surface area contributed by atoms with Crippen LogP contribution in [-0.4, -0.2) is 275 Å². The van der Waals surface area contributed by atoms with Crippen molar-refractivity contribution in [1.82, 2.24) is 10.6 Å². The van der Waals surface area contributed by atoms with Gasteiger partial charge in [-0.15, -0.1) is 0 Å². The summed E-state index contributed by atoms with van der Waals surface area (Å²) in [4.78, 5) is 24.4. The lowest BCUT2D eigenvalue weighted by molar-refractivity contribution is -0.372. The lowest BCUT2D eigenvalue weighted by Crippen LogP contribution is -2.69. The highest BCUT2D eigenvalue weighted by Gasteiger charge is 2.55. The summed E-state index contributed by atoms with van der Waals surface area (Å²) in [5.41, 5.74) is 0. The standard InChI is InChI=1S/C34H58N2O26/c1-8(41)35-15-20(46)27(60-33-25(51)22(48)17(43)10(3-37)56-33)12(5-39)58-31(15)54-7-14-19(45)24(50)29(30(53)55-14)62-32-16(36-9(2)42)21(47)28(13(6-40)59-32)61-34-26(52)23(49)18(44)11(4-38)57-34/h10-34,37-40,43-53H,3-7H2,1-2H3,(H,35,41)(H,36,42)/t10-,11-,12-,13-,14-,15-,16-,17+,18+,19+,20-,21-,22+,23+,24+,25-,26-,27-,28-,29-,30-,31-,32+,33+,34+/m1/s1. The van der Waals surface area contributed by atoms with Gasteiger partial charge in [0.25, 0.3) is 0 Å². The van der Waals surface area contributed by atoms with Crippen LogP contribution in [0.3, 0.4) is 0 Å². The Balaban J connectivity index is 1.25. The molecule has 0 aromatic heterocycles. The third-order valence-corrected chi connectivity index (χ3v) is 11.1. The van der Waals surface area contributed by atoms with Gasteiger partial charge in [-0.3, -0.25) is 9.59 Å². The van der Waals surface area contributed by atoms with Crippen molar-refractivity contribution in [2.24, 2.45) is 0 Å². The second-order valence-corrected chi connectivity index (χ2v) is 15.5. The molecule has 0 aliphatic carbocycles. The highest BCUT2D eigenvalue weighted by Crippen LogP contribution is 2.34. The maximum Gasteiger partial charge on any atom is 0.217 e. The molecule has 62 heavy (non-hydrogen) atoms. The van der Waals surface area contributed by atoms with E-state index < -0.39 is 198 Å². The Labute approximate surface area is 351 Å². The SMILES string of the molecule is CC(=O)N[C@H]1[C@H](OC[C@H]2O[C@@H](O)[C@H](O[C@@H]3O[C@H](CO)[C@@H](O[C@@H]4O[C@H](CO)[C@H](O)[C@H](O)[C@H]4O)[C@H](O)[C@H]3NC(C)=O)[C@@H](O)[C@H]2O)O[C@H](CO)[C@@H](O[C@@H]2O[C@H](CO)[C@H](O)[C@H](O)[C@H]2O)[C@@H]1O. The Morgan fingerprint density at radius 2 is 0.790 bits per heavy atom. The normalized spacial score (nSPS) is 49.0. The van der Waals surface area contributed by atoms with Gasteiger partial charge >= 0.3 is 0 Å². The molecule has 5 rings (SSSR count). The van der Waals surface area contributed by atoms with E-state index in [9.17, 15) is 86.2 Å². The quantitative estimate of drug-likeness (QED) is 0.0725. The molecular formula is C34H58N2O26. The zero-order chi connectivity index (χ0) is 45.9. The van der Waals surface area contributed by atoms with E-state index in [1.807, 2.05) is 0 Å². The van der Waals surface area contributed by atoms with Gasteiger partial charge in [-0.2, -0.15) is 0 Å². The van der Waals surface area contributed by atoms with Crippen LogP contribution in [-0.2, 0) is 52.2 Å². The van der Waals surface area contributed by atoms with Crippen molar-refractivity contribution in [3.8, 4) is 0 Å². The van der Waals surface area contributed by atoms with Gasteiger partial charge in [0, 0.05) is 13.8 Å². The van der Waals surface area contributed by atoms with E-state index in [2.05, 4.69) is 10.6 Å².